The molecule has 20 heavy (non-hydrogen) atoms. The van der Waals surface area contributed by atoms with Gasteiger partial charge in [-0.25, -0.2) is 4.98 Å². The number of nitrogens with one attached hydrogen (secondary N) is 1. The average Bonchev–Trinajstić information content (AvgIpc) is 3.16. The van der Waals surface area contributed by atoms with Crippen LogP contribution in [0.25, 0.3) is 10.6 Å². The molecule has 4 rings (SSSR count). The summed E-state index contributed by atoms with van der Waals surface area (Å²) in [4.78, 5) is 7.37. The number of likely N-dealkylation sites (tertiary alicyclic amines) is 1. The predicted octanol–water partition coefficient (Wildman–Crippen LogP) is 2.46. The first-order valence-corrected chi connectivity index (χ1v) is 8.19. The minimum Gasteiger partial charge on any atom is -0.316 e. The lowest BCUT2D eigenvalue weighted by Crippen LogP contribution is -2.25. The van der Waals surface area contributed by atoms with Crippen LogP contribution in [0, 0.1) is 11.8 Å². The molecule has 104 valence electrons. The van der Waals surface area contributed by atoms with E-state index in [2.05, 4.69) is 45.9 Å². The summed E-state index contributed by atoms with van der Waals surface area (Å²) in [5.74, 6) is 1.73. The molecule has 2 atom stereocenters. The van der Waals surface area contributed by atoms with E-state index in [9.17, 15) is 0 Å². The molecule has 0 radical (unpaired) electrons. The van der Waals surface area contributed by atoms with Crippen LogP contribution in [0.4, 0.5) is 0 Å². The van der Waals surface area contributed by atoms with E-state index in [-0.39, 0.29) is 0 Å². The Morgan fingerprint density at radius 2 is 1.90 bits per heavy atom. The van der Waals surface area contributed by atoms with Gasteiger partial charge in [0.25, 0.3) is 0 Å². The minimum absolute atomic E-state index is 0.863. The molecule has 0 amide bonds. The van der Waals surface area contributed by atoms with E-state index < -0.39 is 0 Å². The third-order valence-corrected chi connectivity index (χ3v) is 5.36. The zero-order chi connectivity index (χ0) is 13.4. The first-order chi connectivity index (χ1) is 9.88. The highest BCUT2D eigenvalue weighted by molar-refractivity contribution is 7.13. The first kappa shape index (κ1) is 12.5. The van der Waals surface area contributed by atoms with Gasteiger partial charge in [0.2, 0.25) is 0 Å². The molecule has 0 spiro atoms. The Morgan fingerprint density at radius 3 is 2.65 bits per heavy atom. The maximum absolute atomic E-state index is 4.80. The topological polar surface area (TPSA) is 28.2 Å². The molecule has 1 aromatic heterocycles. The number of hydrogen-bond acceptors (Lipinski definition) is 4. The molecule has 2 fully saturated rings. The molecule has 2 aliphatic rings. The van der Waals surface area contributed by atoms with Gasteiger partial charge in [0, 0.05) is 30.6 Å². The van der Waals surface area contributed by atoms with E-state index >= 15 is 0 Å². The maximum Gasteiger partial charge on any atom is 0.123 e. The van der Waals surface area contributed by atoms with Gasteiger partial charge in [0.1, 0.15) is 5.01 Å². The van der Waals surface area contributed by atoms with Gasteiger partial charge in [0.05, 0.1) is 5.69 Å². The lowest BCUT2D eigenvalue weighted by Gasteiger charge is -2.15. The minimum atomic E-state index is 0.863. The molecule has 2 aliphatic heterocycles. The second-order valence-electron chi connectivity index (χ2n) is 5.88. The predicted molar refractivity (Wildman–Crippen MR) is 82.7 cm³/mol. The van der Waals surface area contributed by atoms with Gasteiger partial charge in [-0.15, -0.1) is 11.3 Å². The van der Waals surface area contributed by atoms with Crippen LogP contribution in [-0.2, 0) is 6.54 Å². The maximum atomic E-state index is 4.80. The summed E-state index contributed by atoms with van der Waals surface area (Å²) in [5.41, 5.74) is 2.45. The second kappa shape index (κ2) is 5.28. The Labute approximate surface area is 123 Å². The number of benzene rings is 1. The Morgan fingerprint density at radius 1 is 1.15 bits per heavy atom. The van der Waals surface area contributed by atoms with Crippen molar-refractivity contribution >= 4 is 11.3 Å². The highest BCUT2D eigenvalue weighted by Gasteiger charge is 2.35. The van der Waals surface area contributed by atoms with Crippen LogP contribution in [0.5, 0.6) is 0 Å². The summed E-state index contributed by atoms with van der Waals surface area (Å²) in [6.07, 6.45) is 0. The van der Waals surface area contributed by atoms with Crippen molar-refractivity contribution in [2.45, 2.75) is 6.54 Å². The molecule has 0 saturated carbocycles. The monoisotopic (exact) mass is 285 g/mol. The fourth-order valence-electron chi connectivity index (χ4n) is 3.40. The largest absolute Gasteiger partial charge is 0.316 e. The molecule has 1 aromatic carbocycles. The van der Waals surface area contributed by atoms with E-state index in [0.717, 1.165) is 23.4 Å². The van der Waals surface area contributed by atoms with Crippen LogP contribution in [0.3, 0.4) is 0 Å². The lowest BCUT2D eigenvalue weighted by molar-refractivity contribution is 0.302. The fourth-order valence-corrected chi connectivity index (χ4v) is 4.22. The van der Waals surface area contributed by atoms with Gasteiger partial charge in [-0.05, 0) is 24.9 Å². The fraction of sp³-hybridized carbons (Fsp3) is 0.438. The number of hydrogen-bond donors (Lipinski definition) is 1. The highest BCUT2D eigenvalue weighted by Crippen LogP contribution is 2.29. The molecule has 0 bridgehead atoms. The van der Waals surface area contributed by atoms with Crippen molar-refractivity contribution in [3.8, 4) is 10.6 Å². The van der Waals surface area contributed by atoms with Gasteiger partial charge < -0.3 is 5.32 Å². The Kier molecular flexibility index (Phi) is 3.30. The van der Waals surface area contributed by atoms with Gasteiger partial charge in [-0.2, -0.15) is 0 Å². The molecule has 3 heterocycles. The van der Waals surface area contributed by atoms with E-state index in [1.165, 1.54) is 37.4 Å². The second-order valence-corrected chi connectivity index (χ2v) is 6.74. The lowest BCUT2D eigenvalue weighted by atomic mass is 10.0. The summed E-state index contributed by atoms with van der Waals surface area (Å²) >= 11 is 1.76. The molecule has 4 heteroatoms. The third-order valence-electron chi connectivity index (χ3n) is 4.42. The normalized spacial score (nSPS) is 26.0. The van der Waals surface area contributed by atoms with Crippen LogP contribution in [0.1, 0.15) is 5.69 Å². The number of rotatable bonds is 3. The number of thiazole rings is 1. The standard InChI is InChI=1S/C16H19N3S/c1-2-4-12(5-3-1)16-18-15(11-20-16)10-19-8-13-6-17-7-14(13)9-19/h1-5,11,13-14,17H,6-10H2. The summed E-state index contributed by atoms with van der Waals surface area (Å²) in [6.45, 7) is 5.88. The molecule has 0 aliphatic carbocycles. The summed E-state index contributed by atoms with van der Waals surface area (Å²) < 4.78 is 0. The quantitative estimate of drug-likeness (QED) is 0.939. The van der Waals surface area contributed by atoms with Crippen molar-refractivity contribution < 1.29 is 0 Å². The highest BCUT2D eigenvalue weighted by atomic mass is 32.1. The van der Waals surface area contributed by atoms with Crippen LogP contribution >= 0.6 is 11.3 Å². The molecule has 2 saturated heterocycles. The molecule has 3 nitrogen and oxygen atoms in total. The summed E-state index contributed by atoms with van der Waals surface area (Å²) in [5, 5.41) is 6.85. The van der Waals surface area contributed by atoms with Gasteiger partial charge >= 0.3 is 0 Å². The van der Waals surface area contributed by atoms with E-state index in [0.29, 0.717) is 0 Å². The Bertz CT molecular complexity index is 568. The van der Waals surface area contributed by atoms with Crippen LogP contribution < -0.4 is 5.32 Å². The smallest absolute Gasteiger partial charge is 0.123 e. The molecular weight excluding hydrogens is 266 g/mol. The van der Waals surface area contributed by atoms with Crippen LogP contribution in [0.15, 0.2) is 35.7 Å². The molecule has 2 aromatic rings. The van der Waals surface area contributed by atoms with Crippen molar-refractivity contribution in [2.75, 3.05) is 26.2 Å². The summed E-state index contributed by atoms with van der Waals surface area (Å²) in [6, 6.07) is 10.5. The first-order valence-electron chi connectivity index (χ1n) is 7.31. The zero-order valence-electron chi connectivity index (χ0n) is 11.5. The Hall–Kier alpha value is -1.23. The van der Waals surface area contributed by atoms with Gasteiger partial charge in [-0.3, -0.25) is 4.90 Å². The van der Waals surface area contributed by atoms with Gasteiger partial charge in [-0.1, -0.05) is 30.3 Å². The van der Waals surface area contributed by atoms with Crippen LogP contribution in [0.2, 0.25) is 0 Å². The van der Waals surface area contributed by atoms with Crippen molar-refractivity contribution in [1.29, 1.82) is 0 Å². The van der Waals surface area contributed by atoms with Gasteiger partial charge in [0.15, 0.2) is 0 Å². The third kappa shape index (κ3) is 2.39. The zero-order valence-corrected chi connectivity index (χ0v) is 12.3. The molecule has 1 N–H and O–H groups in total. The average molecular weight is 285 g/mol. The van der Waals surface area contributed by atoms with Crippen molar-refractivity contribution in [3.05, 3.63) is 41.4 Å². The van der Waals surface area contributed by atoms with E-state index in [1.54, 1.807) is 11.3 Å². The number of nitrogens with zero attached hydrogens (tertiary/aromatic N) is 2. The van der Waals surface area contributed by atoms with E-state index in [1.807, 2.05) is 0 Å². The van der Waals surface area contributed by atoms with E-state index in [4.69, 9.17) is 4.98 Å². The van der Waals surface area contributed by atoms with Crippen LogP contribution in [-0.4, -0.2) is 36.1 Å². The molecular formula is C16H19N3S. The SMILES string of the molecule is c1ccc(-c2nc(CN3CC4CNCC4C3)cs2)cc1. The summed E-state index contributed by atoms with van der Waals surface area (Å²) in [7, 11) is 0. The number of aromatic nitrogens is 1. The van der Waals surface area contributed by atoms with Crippen molar-refractivity contribution in [2.24, 2.45) is 11.8 Å². The van der Waals surface area contributed by atoms with Crippen molar-refractivity contribution in [1.82, 2.24) is 15.2 Å². The van der Waals surface area contributed by atoms with Crippen molar-refractivity contribution in [3.63, 3.8) is 0 Å². The Balaban J connectivity index is 1.44. The number of fused-ring (bicyclic) bond motifs is 1. The molecule has 2 unspecified atom stereocenters.